The molecule has 21 heavy (non-hydrogen) atoms. The highest BCUT2D eigenvalue weighted by Crippen LogP contribution is 2.20. The molecule has 0 radical (unpaired) electrons. The van der Waals surface area contributed by atoms with Crippen molar-refractivity contribution in [2.75, 3.05) is 13.2 Å². The molecule has 2 rings (SSSR count). The summed E-state index contributed by atoms with van der Waals surface area (Å²) < 4.78 is 20.2. The minimum atomic E-state index is -0.660. The fraction of sp³-hybridized carbons (Fsp3) is 0.250. The van der Waals surface area contributed by atoms with Crippen LogP contribution in [0, 0.1) is 18.2 Å². The van der Waals surface area contributed by atoms with Crippen LogP contribution in [0.2, 0.25) is 0 Å². The third-order valence-electron chi connectivity index (χ3n) is 3.08. The lowest BCUT2D eigenvalue weighted by atomic mass is 10.1. The summed E-state index contributed by atoms with van der Waals surface area (Å²) in [5, 5.41) is 3.97. The number of aromatic nitrogens is 2. The summed E-state index contributed by atoms with van der Waals surface area (Å²) in [7, 11) is 0. The normalized spacial score (nSPS) is 11.9. The van der Waals surface area contributed by atoms with Crippen LogP contribution in [-0.2, 0) is 4.74 Å². The van der Waals surface area contributed by atoms with Gasteiger partial charge < -0.3 is 4.74 Å². The van der Waals surface area contributed by atoms with Gasteiger partial charge in [0, 0.05) is 0 Å². The van der Waals surface area contributed by atoms with Crippen LogP contribution in [-0.4, -0.2) is 28.8 Å². The lowest BCUT2D eigenvalue weighted by Crippen LogP contribution is -2.20. The maximum atomic E-state index is 13.8. The van der Waals surface area contributed by atoms with E-state index < -0.39 is 11.6 Å². The average molecular weight is 286 g/mol. The number of hydrogen-bond acceptors (Lipinski definition) is 3. The van der Waals surface area contributed by atoms with Gasteiger partial charge in [0.15, 0.2) is 5.82 Å². The number of ether oxygens (including phenoxy) is 1. The summed E-state index contributed by atoms with van der Waals surface area (Å²) in [6, 6.07) is 9.18. The Morgan fingerprint density at radius 3 is 2.86 bits per heavy atom. The molecular formula is C16H15FN2O2. The molecule has 0 fully saturated rings. The summed E-state index contributed by atoms with van der Waals surface area (Å²) >= 11 is 0. The number of ketones is 1. The van der Waals surface area contributed by atoms with Crippen LogP contribution in [0.3, 0.4) is 0 Å². The molecule has 0 aliphatic rings. The molecule has 0 aliphatic heterocycles. The van der Waals surface area contributed by atoms with E-state index in [4.69, 9.17) is 11.2 Å². The first-order valence-electron chi connectivity index (χ1n) is 6.47. The quantitative estimate of drug-likeness (QED) is 0.465. The first-order chi connectivity index (χ1) is 10.1. The average Bonchev–Trinajstić information content (AvgIpc) is 2.89. The third kappa shape index (κ3) is 3.36. The molecule has 0 spiro atoms. The number of carbonyl (C=O) groups is 1. The number of nitrogens with zero attached hydrogens (tertiary/aromatic N) is 2. The van der Waals surface area contributed by atoms with E-state index in [0.29, 0.717) is 0 Å². The van der Waals surface area contributed by atoms with Gasteiger partial charge >= 0.3 is 0 Å². The first kappa shape index (κ1) is 14.9. The molecule has 0 N–H and O–H groups in total. The van der Waals surface area contributed by atoms with Gasteiger partial charge in [-0.25, -0.2) is 4.39 Å². The Morgan fingerprint density at radius 1 is 1.48 bits per heavy atom. The topological polar surface area (TPSA) is 44.1 Å². The zero-order valence-corrected chi connectivity index (χ0v) is 11.6. The molecule has 0 aliphatic carbocycles. The predicted molar refractivity (Wildman–Crippen MR) is 76.4 cm³/mol. The highest BCUT2D eigenvalue weighted by atomic mass is 19.1. The fourth-order valence-electron chi connectivity index (χ4n) is 2.04. The standard InChI is InChI=1S/C16H15FN2O2/c1-3-9-21-11-15(20)16-14(17)10-18-19(16)12(2)13-7-5-4-6-8-13/h1,4-8,10,12H,9,11H2,2H3/t12-/m1/s1. The Hall–Kier alpha value is -2.45. The molecule has 0 amide bonds. The zero-order chi connectivity index (χ0) is 15.2. The Labute approximate surface area is 122 Å². The maximum absolute atomic E-state index is 13.8. The minimum Gasteiger partial charge on any atom is -0.361 e. The summed E-state index contributed by atoms with van der Waals surface area (Å²) in [6.45, 7) is 1.59. The Balaban J connectivity index is 2.26. The highest BCUT2D eigenvalue weighted by Gasteiger charge is 2.22. The molecule has 1 heterocycles. The number of halogens is 1. The molecule has 2 aromatic rings. The lowest BCUT2D eigenvalue weighted by Gasteiger charge is -2.15. The van der Waals surface area contributed by atoms with Crippen LogP contribution in [0.15, 0.2) is 36.5 Å². The van der Waals surface area contributed by atoms with Crippen molar-refractivity contribution in [3.63, 3.8) is 0 Å². The first-order valence-corrected chi connectivity index (χ1v) is 6.47. The van der Waals surface area contributed by atoms with Gasteiger partial charge in [0.1, 0.15) is 18.9 Å². The molecule has 4 nitrogen and oxygen atoms in total. The second kappa shape index (κ2) is 6.82. The number of benzene rings is 1. The largest absolute Gasteiger partial charge is 0.361 e. The van der Waals surface area contributed by atoms with Gasteiger partial charge in [-0.15, -0.1) is 6.42 Å². The van der Waals surface area contributed by atoms with Crippen molar-refractivity contribution in [3.05, 3.63) is 53.6 Å². The second-order valence-electron chi connectivity index (χ2n) is 4.49. The number of Topliss-reactive ketones (excluding diaryl/α,β-unsaturated/α-hetero) is 1. The number of rotatable bonds is 6. The van der Waals surface area contributed by atoms with Crippen LogP contribution in [0.4, 0.5) is 4.39 Å². The van der Waals surface area contributed by atoms with E-state index in [-0.39, 0.29) is 24.9 Å². The predicted octanol–water partition coefficient (Wildman–Crippen LogP) is 2.46. The van der Waals surface area contributed by atoms with Gasteiger partial charge in [0.05, 0.1) is 12.2 Å². The molecule has 5 heteroatoms. The van der Waals surface area contributed by atoms with Gasteiger partial charge in [-0.05, 0) is 12.5 Å². The zero-order valence-electron chi connectivity index (χ0n) is 11.6. The molecule has 0 saturated heterocycles. The van der Waals surface area contributed by atoms with E-state index >= 15 is 0 Å². The van der Waals surface area contributed by atoms with Crippen LogP contribution in [0.1, 0.15) is 29.0 Å². The molecule has 1 aromatic heterocycles. The molecule has 108 valence electrons. The number of hydrogen-bond donors (Lipinski definition) is 0. The van der Waals surface area contributed by atoms with Crippen molar-refractivity contribution in [1.82, 2.24) is 9.78 Å². The van der Waals surface area contributed by atoms with Crippen molar-refractivity contribution in [2.45, 2.75) is 13.0 Å². The summed E-state index contributed by atoms with van der Waals surface area (Å²) in [5.41, 5.74) is 0.836. The summed E-state index contributed by atoms with van der Waals surface area (Å²) in [5.74, 6) is 1.11. The second-order valence-corrected chi connectivity index (χ2v) is 4.49. The van der Waals surface area contributed by atoms with Crippen LogP contribution in [0.25, 0.3) is 0 Å². The van der Waals surface area contributed by atoms with Crippen molar-refractivity contribution < 1.29 is 13.9 Å². The Morgan fingerprint density at radius 2 is 2.19 bits per heavy atom. The van der Waals surface area contributed by atoms with E-state index in [0.717, 1.165) is 11.8 Å². The molecule has 1 atom stereocenters. The monoisotopic (exact) mass is 286 g/mol. The lowest BCUT2D eigenvalue weighted by molar-refractivity contribution is 0.0796. The number of terminal acetylenes is 1. The Bertz CT molecular complexity index is 659. The SMILES string of the molecule is C#CCOCC(=O)c1c(F)cnn1[C@H](C)c1ccccc1. The van der Waals surface area contributed by atoms with Gasteiger partial charge in [0.2, 0.25) is 5.78 Å². The van der Waals surface area contributed by atoms with Gasteiger partial charge in [-0.3, -0.25) is 9.48 Å². The molecule has 0 bridgehead atoms. The van der Waals surface area contributed by atoms with E-state index in [1.165, 1.54) is 4.68 Å². The Kier molecular flexibility index (Phi) is 4.85. The summed E-state index contributed by atoms with van der Waals surface area (Å²) in [4.78, 5) is 12.1. The van der Waals surface area contributed by atoms with Gasteiger partial charge in [-0.2, -0.15) is 5.10 Å². The highest BCUT2D eigenvalue weighted by molar-refractivity contribution is 5.95. The minimum absolute atomic E-state index is 0.00966. The van der Waals surface area contributed by atoms with Gasteiger partial charge in [0.25, 0.3) is 0 Å². The van der Waals surface area contributed by atoms with E-state index in [1.54, 1.807) is 0 Å². The van der Waals surface area contributed by atoms with Gasteiger partial charge in [-0.1, -0.05) is 36.3 Å². The van der Waals surface area contributed by atoms with E-state index in [2.05, 4.69) is 11.0 Å². The molecule has 0 unspecified atom stereocenters. The van der Waals surface area contributed by atoms with Crippen LogP contribution in [0.5, 0.6) is 0 Å². The van der Waals surface area contributed by atoms with Crippen molar-refractivity contribution >= 4 is 5.78 Å². The van der Waals surface area contributed by atoms with Crippen molar-refractivity contribution in [2.24, 2.45) is 0 Å². The maximum Gasteiger partial charge on any atom is 0.209 e. The van der Waals surface area contributed by atoms with Crippen LogP contribution < -0.4 is 0 Å². The van der Waals surface area contributed by atoms with E-state index in [9.17, 15) is 9.18 Å². The van der Waals surface area contributed by atoms with Crippen LogP contribution >= 0.6 is 0 Å². The van der Waals surface area contributed by atoms with Crippen molar-refractivity contribution in [3.8, 4) is 12.3 Å². The summed E-state index contributed by atoms with van der Waals surface area (Å²) in [6.07, 6.45) is 6.08. The molecule has 0 saturated carbocycles. The molecule has 1 aromatic carbocycles. The third-order valence-corrected chi connectivity index (χ3v) is 3.08. The van der Waals surface area contributed by atoms with Crippen molar-refractivity contribution in [1.29, 1.82) is 0 Å². The number of carbonyl (C=O) groups excluding carboxylic acids is 1. The fourth-order valence-corrected chi connectivity index (χ4v) is 2.04. The molecular weight excluding hydrogens is 271 g/mol. The smallest absolute Gasteiger partial charge is 0.209 e. The van der Waals surface area contributed by atoms with E-state index in [1.807, 2.05) is 37.3 Å².